The van der Waals surface area contributed by atoms with Crippen molar-refractivity contribution in [3.8, 4) is 22.6 Å². The predicted octanol–water partition coefficient (Wildman–Crippen LogP) is 8.74. The number of benzene rings is 6. The quantitative estimate of drug-likeness (QED) is 0.105. The summed E-state index contributed by atoms with van der Waals surface area (Å²) in [5.41, 5.74) is 4.08. The van der Waals surface area contributed by atoms with Gasteiger partial charge >= 0.3 is 0 Å². The summed E-state index contributed by atoms with van der Waals surface area (Å²) in [6.45, 7) is 1.23. The SMILES string of the molecule is c1ccc(COCOCOc2ccc3ccccc3c2-c2c(OCOCc3ccccc3)ccc3ccccc23)cc1. The van der Waals surface area contributed by atoms with Crippen molar-refractivity contribution in [3.05, 3.63) is 145 Å². The van der Waals surface area contributed by atoms with Gasteiger partial charge in [0.25, 0.3) is 0 Å². The van der Waals surface area contributed by atoms with Crippen LogP contribution in [0.1, 0.15) is 11.1 Å². The van der Waals surface area contributed by atoms with Crippen LogP contribution in [-0.4, -0.2) is 20.4 Å². The smallest absolute Gasteiger partial charge is 0.191 e. The molecule has 0 amide bonds. The van der Waals surface area contributed by atoms with Crippen LogP contribution in [-0.2, 0) is 27.4 Å². The highest BCUT2D eigenvalue weighted by Gasteiger charge is 2.19. The van der Waals surface area contributed by atoms with Gasteiger partial charge in [-0.1, -0.05) is 121 Å². The molecule has 6 rings (SSSR count). The molecule has 0 spiro atoms. The monoisotopic (exact) mass is 556 g/mol. The lowest BCUT2D eigenvalue weighted by atomic mass is 9.92. The molecule has 5 nitrogen and oxygen atoms in total. The molecular weight excluding hydrogens is 524 g/mol. The van der Waals surface area contributed by atoms with Crippen LogP contribution in [0.4, 0.5) is 0 Å². The number of hydrogen-bond acceptors (Lipinski definition) is 5. The molecule has 0 N–H and O–H groups in total. The van der Waals surface area contributed by atoms with E-state index in [-0.39, 0.29) is 20.4 Å². The van der Waals surface area contributed by atoms with Crippen molar-refractivity contribution in [2.24, 2.45) is 0 Å². The first-order valence-corrected chi connectivity index (χ1v) is 14.0. The Morgan fingerprint density at radius 1 is 0.357 bits per heavy atom. The first-order chi connectivity index (χ1) is 20.9. The van der Waals surface area contributed by atoms with E-state index in [0.29, 0.717) is 19.0 Å². The first-order valence-electron chi connectivity index (χ1n) is 14.0. The van der Waals surface area contributed by atoms with E-state index < -0.39 is 0 Å². The normalized spacial score (nSPS) is 11.1. The van der Waals surface area contributed by atoms with Crippen molar-refractivity contribution >= 4 is 21.5 Å². The second-order valence-corrected chi connectivity index (χ2v) is 9.83. The van der Waals surface area contributed by atoms with E-state index in [1.807, 2.05) is 97.1 Å². The number of hydrogen-bond donors (Lipinski definition) is 0. The van der Waals surface area contributed by atoms with E-state index in [4.69, 9.17) is 23.7 Å². The molecule has 0 aliphatic heterocycles. The van der Waals surface area contributed by atoms with E-state index in [2.05, 4.69) is 36.4 Å². The highest BCUT2D eigenvalue weighted by atomic mass is 16.7. The third-order valence-corrected chi connectivity index (χ3v) is 7.02. The fourth-order valence-electron chi connectivity index (χ4n) is 5.03. The van der Waals surface area contributed by atoms with Crippen LogP contribution in [0, 0.1) is 0 Å². The maximum atomic E-state index is 6.30. The molecule has 0 atom stereocenters. The van der Waals surface area contributed by atoms with Crippen molar-refractivity contribution in [1.82, 2.24) is 0 Å². The van der Waals surface area contributed by atoms with Crippen LogP contribution in [0.25, 0.3) is 32.7 Å². The molecule has 0 radical (unpaired) electrons. The summed E-state index contributed by atoms with van der Waals surface area (Å²) in [6, 6.07) is 44.8. The number of ether oxygens (including phenoxy) is 5. The van der Waals surface area contributed by atoms with Crippen molar-refractivity contribution in [2.75, 3.05) is 20.4 Å². The molecule has 0 bridgehead atoms. The zero-order valence-electron chi connectivity index (χ0n) is 23.3. The Morgan fingerprint density at radius 2 is 0.786 bits per heavy atom. The molecule has 210 valence electrons. The summed E-state index contributed by atoms with van der Waals surface area (Å²) in [7, 11) is 0. The molecule has 0 aromatic heterocycles. The van der Waals surface area contributed by atoms with Crippen molar-refractivity contribution in [1.29, 1.82) is 0 Å². The molecule has 0 aliphatic carbocycles. The molecule has 0 heterocycles. The summed E-state index contributed by atoms with van der Waals surface area (Å²) in [5, 5.41) is 4.33. The average Bonchev–Trinajstić information content (AvgIpc) is 3.05. The summed E-state index contributed by atoms with van der Waals surface area (Å²) in [6.07, 6.45) is 0. The molecule has 42 heavy (non-hydrogen) atoms. The van der Waals surface area contributed by atoms with E-state index in [1.54, 1.807) is 0 Å². The van der Waals surface area contributed by atoms with E-state index in [9.17, 15) is 0 Å². The largest absolute Gasteiger partial charge is 0.467 e. The van der Waals surface area contributed by atoms with Gasteiger partial charge < -0.3 is 23.7 Å². The number of rotatable bonds is 13. The van der Waals surface area contributed by atoms with Crippen molar-refractivity contribution < 1.29 is 23.7 Å². The zero-order chi connectivity index (χ0) is 28.4. The van der Waals surface area contributed by atoms with Gasteiger partial charge in [0.15, 0.2) is 20.4 Å². The molecule has 6 aromatic carbocycles. The number of fused-ring (bicyclic) bond motifs is 2. The summed E-state index contributed by atoms with van der Waals surface area (Å²) >= 11 is 0. The van der Waals surface area contributed by atoms with E-state index in [0.717, 1.165) is 49.5 Å². The Hall–Kier alpha value is -4.68. The maximum absolute atomic E-state index is 6.30. The van der Waals surface area contributed by atoms with Crippen LogP contribution < -0.4 is 9.47 Å². The van der Waals surface area contributed by atoms with Crippen LogP contribution >= 0.6 is 0 Å². The molecule has 0 saturated carbocycles. The van der Waals surface area contributed by atoms with Gasteiger partial charge in [-0.2, -0.15) is 0 Å². The van der Waals surface area contributed by atoms with Gasteiger partial charge in [-0.15, -0.1) is 0 Å². The first kappa shape index (κ1) is 27.5. The third kappa shape index (κ3) is 6.61. The van der Waals surface area contributed by atoms with Gasteiger partial charge in [0.1, 0.15) is 11.5 Å². The minimum absolute atomic E-state index is 0.0429. The second-order valence-electron chi connectivity index (χ2n) is 9.83. The van der Waals surface area contributed by atoms with Crippen LogP contribution in [0.3, 0.4) is 0 Å². The van der Waals surface area contributed by atoms with Crippen molar-refractivity contribution in [2.45, 2.75) is 13.2 Å². The molecule has 5 heteroatoms. The van der Waals surface area contributed by atoms with Crippen LogP contribution in [0.2, 0.25) is 0 Å². The van der Waals surface area contributed by atoms with Crippen molar-refractivity contribution in [3.63, 3.8) is 0 Å². The molecule has 6 aromatic rings. The summed E-state index contributed by atoms with van der Waals surface area (Å²) < 4.78 is 29.8. The summed E-state index contributed by atoms with van der Waals surface area (Å²) in [4.78, 5) is 0. The standard InChI is InChI=1S/C37H32O5/c1-3-11-28(12-4-1)23-38-25-40-27-42-35-22-20-31-16-8-10-18-33(31)37(35)36-32-17-9-7-15-30(32)19-21-34(36)41-26-39-24-29-13-5-2-6-14-29/h1-22H,23-27H2. The van der Waals surface area contributed by atoms with Gasteiger partial charge in [0.05, 0.1) is 13.2 Å². The Kier molecular flexibility index (Phi) is 9.03. The topological polar surface area (TPSA) is 46.2 Å². The Morgan fingerprint density at radius 3 is 1.31 bits per heavy atom. The van der Waals surface area contributed by atoms with Gasteiger partial charge in [-0.25, -0.2) is 0 Å². The molecule has 0 unspecified atom stereocenters. The molecule has 0 fully saturated rings. The maximum Gasteiger partial charge on any atom is 0.191 e. The third-order valence-electron chi connectivity index (χ3n) is 7.02. The molecule has 0 aliphatic rings. The summed E-state index contributed by atoms with van der Waals surface area (Å²) in [5.74, 6) is 1.42. The minimum Gasteiger partial charge on any atom is -0.467 e. The average molecular weight is 557 g/mol. The van der Waals surface area contributed by atoms with Gasteiger partial charge in [0.2, 0.25) is 0 Å². The second kappa shape index (κ2) is 13.8. The molecular formula is C37H32O5. The molecule has 0 saturated heterocycles. The predicted molar refractivity (Wildman–Crippen MR) is 166 cm³/mol. The fourth-order valence-corrected chi connectivity index (χ4v) is 5.03. The Bertz CT molecular complexity index is 1730. The van der Waals surface area contributed by atoms with E-state index in [1.165, 1.54) is 0 Å². The fraction of sp³-hybridized carbons (Fsp3) is 0.135. The Labute approximate surface area is 245 Å². The Balaban J connectivity index is 1.26. The minimum atomic E-state index is 0.0429. The lowest BCUT2D eigenvalue weighted by Crippen LogP contribution is -2.08. The van der Waals surface area contributed by atoms with Crippen LogP contribution in [0.15, 0.2) is 133 Å². The zero-order valence-corrected chi connectivity index (χ0v) is 23.3. The lowest BCUT2D eigenvalue weighted by Gasteiger charge is -2.19. The van der Waals surface area contributed by atoms with Gasteiger partial charge in [-0.05, 0) is 44.8 Å². The highest BCUT2D eigenvalue weighted by Crippen LogP contribution is 2.45. The van der Waals surface area contributed by atoms with Gasteiger partial charge in [-0.3, -0.25) is 0 Å². The highest BCUT2D eigenvalue weighted by molar-refractivity contribution is 6.09. The van der Waals surface area contributed by atoms with Gasteiger partial charge in [0, 0.05) is 11.1 Å². The van der Waals surface area contributed by atoms with Crippen LogP contribution in [0.5, 0.6) is 11.5 Å². The van der Waals surface area contributed by atoms with E-state index >= 15 is 0 Å². The lowest BCUT2D eigenvalue weighted by molar-refractivity contribution is -0.104.